The number of aromatic nitrogens is 3. The van der Waals surface area contributed by atoms with Crippen molar-refractivity contribution in [2.75, 3.05) is 13.1 Å². The van der Waals surface area contributed by atoms with Gasteiger partial charge in [0.15, 0.2) is 0 Å². The number of hydrogen-bond acceptors (Lipinski definition) is 4. The first-order valence-electron chi connectivity index (χ1n) is 7.15. The average molecular weight is 305 g/mol. The molecule has 1 fully saturated rings. The molecule has 1 saturated heterocycles. The molecular formula is C14H19N5OS. The van der Waals surface area contributed by atoms with Gasteiger partial charge in [-0.3, -0.25) is 0 Å². The smallest absolute Gasteiger partial charge is 0.317 e. The van der Waals surface area contributed by atoms with Crippen LogP contribution in [0.5, 0.6) is 0 Å². The second-order valence-electron chi connectivity index (χ2n) is 5.31. The van der Waals surface area contributed by atoms with Crippen LogP contribution in [-0.4, -0.2) is 38.6 Å². The summed E-state index contributed by atoms with van der Waals surface area (Å²) in [5.41, 5.74) is 2.70. The number of imidazole rings is 1. The van der Waals surface area contributed by atoms with E-state index in [1.54, 1.807) is 23.0 Å². The first-order valence-corrected chi connectivity index (χ1v) is 8.09. The Hall–Kier alpha value is -1.89. The van der Waals surface area contributed by atoms with E-state index in [-0.39, 0.29) is 12.1 Å². The SMILES string of the molecule is CC(NC(=O)N1CCC(n2ccnc2)CC1)c1cscn1. The van der Waals surface area contributed by atoms with Crippen molar-refractivity contribution < 1.29 is 4.79 Å². The number of amides is 2. The fourth-order valence-corrected chi connectivity index (χ4v) is 3.29. The summed E-state index contributed by atoms with van der Waals surface area (Å²) in [6.45, 7) is 3.52. The predicted molar refractivity (Wildman–Crippen MR) is 81.1 cm³/mol. The second kappa shape index (κ2) is 6.26. The highest BCUT2D eigenvalue weighted by molar-refractivity contribution is 7.07. The Morgan fingerprint density at radius 1 is 1.48 bits per heavy atom. The Morgan fingerprint density at radius 2 is 2.29 bits per heavy atom. The zero-order chi connectivity index (χ0) is 14.7. The summed E-state index contributed by atoms with van der Waals surface area (Å²) in [7, 11) is 0. The van der Waals surface area contributed by atoms with Gasteiger partial charge in [-0.25, -0.2) is 14.8 Å². The number of carbonyl (C=O) groups is 1. The Balaban J connectivity index is 1.51. The summed E-state index contributed by atoms with van der Waals surface area (Å²) >= 11 is 1.54. The van der Waals surface area contributed by atoms with Crippen LogP contribution in [0.4, 0.5) is 4.79 Å². The first kappa shape index (κ1) is 14.1. The van der Waals surface area contributed by atoms with Crippen molar-refractivity contribution in [3.05, 3.63) is 35.3 Å². The van der Waals surface area contributed by atoms with Crippen molar-refractivity contribution in [2.24, 2.45) is 0 Å². The maximum absolute atomic E-state index is 12.3. The molecule has 7 heteroatoms. The maximum atomic E-state index is 12.3. The molecule has 112 valence electrons. The lowest BCUT2D eigenvalue weighted by molar-refractivity contribution is 0.168. The third kappa shape index (κ3) is 3.24. The summed E-state index contributed by atoms with van der Waals surface area (Å²) in [6.07, 6.45) is 7.58. The molecule has 1 aliphatic heterocycles. The van der Waals surface area contributed by atoms with E-state index in [0.29, 0.717) is 6.04 Å². The highest BCUT2D eigenvalue weighted by Gasteiger charge is 2.24. The van der Waals surface area contributed by atoms with Crippen molar-refractivity contribution in [3.8, 4) is 0 Å². The first-order chi connectivity index (χ1) is 10.2. The van der Waals surface area contributed by atoms with Crippen molar-refractivity contribution in [1.29, 1.82) is 0 Å². The highest BCUT2D eigenvalue weighted by Crippen LogP contribution is 2.22. The molecule has 1 aliphatic rings. The lowest BCUT2D eigenvalue weighted by atomic mass is 10.1. The van der Waals surface area contributed by atoms with Gasteiger partial charge >= 0.3 is 6.03 Å². The minimum absolute atomic E-state index is 0.000388. The van der Waals surface area contributed by atoms with Crippen LogP contribution in [-0.2, 0) is 0 Å². The number of nitrogens with one attached hydrogen (secondary N) is 1. The third-order valence-electron chi connectivity index (χ3n) is 3.93. The molecule has 0 aromatic carbocycles. The van der Waals surface area contributed by atoms with Gasteiger partial charge in [-0.2, -0.15) is 0 Å². The highest BCUT2D eigenvalue weighted by atomic mass is 32.1. The molecule has 1 N–H and O–H groups in total. The summed E-state index contributed by atoms with van der Waals surface area (Å²) in [4.78, 5) is 22.5. The molecule has 0 bridgehead atoms. The molecule has 0 radical (unpaired) electrons. The molecule has 3 rings (SSSR count). The summed E-state index contributed by atoms with van der Waals surface area (Å²) in [5, 5.41) is 4.98. The Morgan fingerprint density at radius 3 is 2.90 bits per heavy atom. The van der Waals surface area contributed by atoms with Crippen LogP contribution in [0.2, 0.25) is 0 Å². The van der Waals surface area contributed by atoms with Gasteiger partial charge in [-0.15, -0.1) is 11.3 Å². The number of carbonyl (C=O) groups excluding carboxylic acids is 1. The van der Waals surface area contributed by atoms with Crippen LogP contribution >= 0.6 is 11.3 Å². The third-order valence-corrected chi connectivity index (χ3v) is 4.54. The van der Waals surface area contributed by atoms with E-state index in [2.05, 4.69) is 19.9 Å². The van der Waals surface area contributed by atoms with E-state index >= 15 is 0 Å². The quantitative estimate of drug-likeness (QED) is 0.947. The number of urea groups is 1. The summed E-state index contributed by atoms with van der Waals surface area (Å²) in [5.74, 6) is 0. The standard InChI is InChI=1S/C14H19N5OS/c1-11(13-8-21-10-16-13)17-14(20)18-5-2-12(3-6-18)19-7-4-15-9-19/h4,7-12H,2-3,5-6H2,1H3,(H,17,20). The van der Waals surface area contributed by atoms with Gasteiger partial charge in [0.1, 0.15) is 0 Å². The van der Waals surface area contributed by atoms with E-state index in [1.807, 2.05) is 29.7 Å². The number of likely N-dealkylation sites (tertiary alicyclic amines) is 1. The van der Waals surface area contributed by atoms with Gasteiger partial charge in [0.2, 0.25) is 0 Å². The van der Waals surface area contributed by atoms with E-state index in [1.165, 1.54) is 0 Å². The Labute approximate surface area is 127 Å². The Kier molecular flexibility index (Phi) is 4.19. The molecule has 3 heterocycles. The normalized spacial score (nSPS) is 17.7. The van der Waals surface area contributed by atoms with Gasteiger partial charge in [0.25, 0.3) is 0 Å². The van der Waals surface area contributed by atoms with E-state index in [0.717, 1.165) is 31.6 Å². The minimum Gasteiger partial charge on any atom is -0.334 e. The summed E-state index contributed by atoms with van der Waals surface area (Å²) < 4.78 is 2.13. The van der Waals surface area contributed by atoms with Gasteiger partial charge in [-0.05, 0) is 19.8 Å². The van der Waals surface area contributed by atoms with Gasteiger partial charge < -0.3 is 14.8 Å². The topological polar surface area (TPSA) is 63.1 Å². The second-order valence-corrected chi connectivity index (χ2v) is 6.03. The van der Waals surface area contributed by atoms with Crippen LogP contribution in [0.15, 0.2) is 29.6 Å². The summed E-state index contributed by atoms with van der Waals surface area (Å²) in [6, 6.07) is 0.405. The molecule has 1 atom stereocenters. The Bertz CT molecular complexity index is 560. The predicted octanol–water partition coefficient (Wildman–Crippen LogP) is 2.45. The van der Waals surface area contributed by atoms with Crippen molar-refractivity contribution in [2.45, 2.75) is 31.8 Å². The lowest BCUT2D eigenvalue weighted by Gasteiger charge is -2.33. The monoisotopic (exact) mass is 305 g/mol. The van der Waals surface area contributed by atoms with Crippen LogP contribution in [0, 0.1) is 0 Å². The van der Waals surface area contributed by atoms with E-state index < -0.39 is 0 Å². The fraction of sp³-hybridized carbons (Fsp3) is 0.500. The minimum atomic E-state index is -0.0462. The zero-order valence-corrected chi connectivity index (χ0v) is 12.8. The number of hydrogen-bond donors (Lipinski definition) is 1. The maximum Gasteiger partial charge on any atom is 0.317 e. The molecule has 2 amide bonds. The molecule has 0 aliphatic carbocycles. The van der Waals surface area contributed by atoms with Gasteiger partial charge in [0, 0.05) is 36.9 Å². The van der Waals surface area contributed by atoms with Crippen molar-refractivity contribution in [3.63, 3.8) is 0 Å². The van der Waals surface area contributed by atoms with Crippen LogP contribution in [0.3, 0.4) is 0 Å². The lowest BCUT2D eigenvalue weighted by Crippen LogP contribution is -2.45. The van der Waals surface area contributed by atoms with Crippen molar-refractivity contribution in [1.82, 2.24) is 24.8 Å². The average Bonchev–Trinajstić information content (AvgIpc) is 3.20. The van der Waals surface area contributed by atoms with Crippen LogP contribution in [0.1, 0.15) is 37.5 Å². The fourth-order valence-electron chi connectivity index (χ4n) is 2.64. The van der Waals surface area contributed by atoms with Crippen LogP contribution in [0.25, 0.3) is 0 Å². The molecule has 2 aromatic heterocycles. The van der Waals surface area contributed by atoms with Crippen molar-refractivity contribution >= 4 is 17.4 Å². The van der Waals surface area contributed by atoms with Crippen LogP contribution < -0.4 is 5.32 Å². The zero-order valence-electron chi connectivity index (χ0n) is 12.0. The number of thiazole rings is 1. The molecule has 0 saturated carbocycles. The largest absolute Gasteiger partial charge is 0.334 e. The molecule has 21 heavy (non-hydrogen) atoms. The van der Waals surface area contributed by atoms with Gasteiger partial charge in [-0.1, -0.05) is 0 Å². The van der Waals surface area contributed by atoms with E-state index in [9.17, 15) is 4.79 Å². The molecular weight excluding hydrogens is 286 g/mol. The molecule has 2 aromatic rings. The molecule has 1 unspecified atom stereocenters. The number of nitrogens with zero attached hydrogens (tertiary/aromatic N) is 4. The molecule has 0 spiro atoms. The number of rotatable bonds is 3. The van der Waals surface area contributed by atoms with Gasteiger partial charge in [0.05, 0.1) is 23.6 Å². The van der Waals surface area contributed by atoms with E-state index in [4.69, 9.17) is 0 Å². The number of piperidine rings is 1. The molecule has 6 nitrogen and oxygen atoms in total.